The van der Waals surface area contributed by atoms with Crippen molar-refractivity contribution in [2.45, 2.75) is 47.1 Å². The Morgan fingerprint density at radius 3 is 2.26 bits per heavy atom. The first-order valence-corrected chi connectivity index (χ1v) is 6.47. The summed E-state index contributed by atoms with van der Waals surface area (Å²) in [6.07, 6.45) is 0.238. The summed E-state index contributed by atoms with van der Waals surface area (Å²) in [7, 11) is 1.61. The summed E-state index contributed by atoms with van der Waals surface area (Å²) in [5, 5.41) is 8.68. The molecule has 0 saturated heterocycles. The monoisotopic (exact) mass is 268 g/mol. The first-order chi connectivity index (χ1) is 8.66. The largest absolute Gasteiger partial charge is 0.465 e. The Morgan fingerprint density at radius 2 is 1.89 bits per heavy atom. The average Bonchev–Trinajstić information content (AvgIpc) is 2.26. The van der Waals surface area contributed by atoms with E-state index in [9.17, 15) is 9.59 Å². The number of esters is 1. The van der Waals surface area contributed by atoms with Crippen LogP contribution in [0.4, 0.5) is 0 Å². The fourth-order valence-electron chi connectivity index (χ4n) is 1.74. The van der Waals surface area contributed by atoms with Gasteiger partial charge in [0.05, 0.1) is 19.1 Å². The summed E-state index contributed by atoms with van der Waals surface area (Å²) in [5.74, 6) is -1.65. The van der Waals surface area contributed by atoms with Gasteiger partial charge in [-0.3, -0.25) is 9.59 Å². The zero-order valence-electron chi connectivity index (χ0n) is 12.7. The van der Waals surface area contributed by atoms with E-state index in [-0.39, 0.29) is 25.0 Å². The van der Waals surface area contributed by atoms with Gasteiger partial charge in [0.2, 0.25) is 5.91 Å². The number of hydrogen-bond donors (Lipinski definition) is 0. The highest BCUT2D eigenvalue weighted by Gasteiger charge is 2.41. The fraction of sp³-hybridized carbons (Fsp3) is 0.786. The lowest BCUT2D eigenvalue weighted by Crippen LogP contribution is -2.47. The van der Waals surface area contributed by atoms with Crippen molar-refractivity contribution in [2.24, 2.45) is 11.3 Å². The predicted octanol–water partition coefficient (Wildman–Crippen LogP) is 1.97. The second kappa shape index (κ2) is 7.13. The number of nitrogens with zero attached hydrogens (tertiary/aromatic N) is 2. The number of carbonyl (C=O) groups excluding carboxylic acids is 2. The van der Waals surface area contributed by atoms with Crippen LogP contribution in [-0.2, 0) is 14.3 Å². The minimum Gasteiger partial charge on any atom is -0.465 e. The summed E-state index contributed by atoms with van der Waals surface area (Å²) >= 11 is 0. The van der Waals surface area contributed by atoms with Gasteiger partial charge < -0.3 is 9.64 Å². The summed E-state index contributed by atoms with van der Waals surface area (Å²) < 4.78 is 4.99. The molecule has 0 N–H and O–H groups in total. The number of carbonyl (C=O) groups is 2. The zero-order valence-corrected chi connectivity index (χ0v) is 12.7. The highest BCUT2D eigenvalue weighted by atomic mass is 16.5. The molecule has 5 heteroatoms. The number of rotatable bonds is 5. The quantitative estimate of drug-likeness (QED) is 0.564. The van der Waals surface area contributed by atoms with Gasteiger partial charge in [-0.05, 0) is 19.3 Å². The minimum atomic E-state index is -0.849. The fourth-order valence-corrected chi connectivity index (χ4v) is 1.74. The van der Waals surface area contributed by atoms with E-state index in [1.807, 2.05) is 26.8 Å². The van der Waals surface area contributed by atoms with Crippen molar-refractivity contribution in [3.8, 4) is 6.07 Å². The Balaban J connectivity index is 5.13. The Hall–Kier alpha value is -1.57. The van der Waals surface area contributed by atoms with Crippen LogP contribution in [0.1, 0.15) is 41.0 Å². The highest BCUT2D eigenvalue weighted by molar-refractivity contribution is 5.98. The molecule has 0 heterocycles. The lowest BCUT2D eigenvalue weighted by molar-refractivity contribution is -0.160. The molecule has 1 amide bonds. The summed E-state index contributed by atoms with van der Waals surface area (Å²) in [4.78, 5) is 25.9. The molecule has 108 valence electrons. The van der Waals surface area contributed by atoms with Crippen molar-refractivity contribution in [3.05, 3.63) is 0 Å². The SMILES string of the molecule is CCOC(=O)C(C(=O)N(C)C(C)CC#N)C(C)(C)C. The maximum Gasteiger partial charge on any atom is 0.319 e. The minimum absolute atomic E-state index is 0.225. The molecule has 0 aromatic rings. The van der Waals surface area contributed by atoms with Gasteiger partial charge in [-0.25, -0.2) is 0 Å². The molecule has 2 unspecified atom stereocenters. The number of amides is 1. The molecule has 0 rings (SSSR count). The van der Waals surface area contributed by atoms with Gasteiger partial charge in [-0.2, -0.15) is 5.26 Å². The van der Waals surface area contributed by atoms with Crippen LogP contribution in [-0.4, -0.2) is 36.5 Å². The molecule has 0 aliphatic rings. The molecule has 0 fully saturated rings. The summed E-state index contributed by atoms with van der Waals surface area (Å²) in [6.45, 7) is 9.23. The van der Waals surface area contributed by atoms with E-state index in [1.54, 1.807) is 20.9 Å². The van der Waals surface area contributed by atoms with E-state index in [1.165, 1.54) is 4.90 Å². The topological polar surface area (TPSA) is 70.4 Å². The van der Waals surface area contributed by atoms with E-state index >= 15 is 0 Å². The third kappa shape index (κ3) is 4.90. The highest BCUT2D eigenvalue weighted by Crippen LogP contribution is 2.29. The molecule has 0 aromatic carbocycles. The Morgan fingerprint density at radius 1 is 1.37 bits per heavy atom. The molecule has 0 aromatic heterocycles. The van der Waals surface area contributed by atoms with Gasteiger partial charge in [0.25, 0.3) is 0 Å². The second-order valence-corrected chi connectivity index (χ2v) is 5.71. The van der Waals surface area contributed by atoms with E-state index in [4.69, 9.17) is 10.00 Å². The number of ether oxygens (including phenoxy) is 1. The first-order valence-electron chi connectivity index (χ1n) is 6.47. The first kappa shape index (κ1) is 17.4. The van der Waals surface area contributed by atoms with Crippen LogP contribution in [0.15, 0.2) is 0 Å². The molecule has 0 saturated carbocycles. The Kier molecular flexibility index (Phi) is 6.54. The molecular weight excluding hydrogens is 244 g/mol. The molecule has 19 heavy (non-hydrogen) atoms. The Bertz CT molecular complexity index is 366. The van der Waals surface area contributed by atoms with Crippen molar-refractivity contribution in [1.29, 1.82) is 5.26 Å². The van der Waals surface area contributed by atoms with Crippen LogP contribution in [0.5, 0.6) is 0 Å². The van der Waals surface area contributed by atoms with Crippen LogP contribution in [0.3, 0.4) is 0 Å². The standard InChI is InChI=1S/C14H24N2O3/c1-7-19-13(18)11(14(3,4)5)12(17)16(6)10(2)8-9-15/h10-11H,7-8H2,1-6H3. The van der Waals surface area contributed by atoms with Crippen molar-refractivity contribution in [3.63, 3.8) is 0 Å². The maximum absolute atomic E-state index is 12.4. The zero-order chi connectivity index (χ0) is 15.2. The van der Waals surface area contributed by atoms with E-state index in [0.29, 0.717) is 0 Å². The van der Waals surface area contributed by atoms with Crippen LogP contribution >= 0.6 is 0 Å². The van der Waals surface area contributed by atoms with Gasteiger partial charge in [-0.15, -0.1) is 0 Å². The number of nitriles is 1. The van der Waals surface area contributed by atoms with Crippen LogP contribution in [0.2, 0.25) is 0 Å². The Labute approximate surface area is 115 Å². The van der Waals surface area contributed by atoms with Crippen LogP contribution in [0, 0.1) is 22.7 Å². The van der Waals surface area contributed by atoms with Gasteiger partial charge in [-0.1, -0.05) is 20.8 Å². The van der Waals surface area contributed by atoms with E-state index < -0.39 is 17.3 Å². The molecule has 0 bridgehead atoms. The van der Waals surface area contributed by atoms with Crippen molar-refractivity contribution in [2.75, 3.05) is 13.7 Å². The third-order valence-corrected chi connectivity index (χ3v) is 3.03. The molecule has 5 nitrogen and oxygen atoms in total. The lowest BCUT2D eigenvalue weighted by Gasteiger charge is -2.33. The van der Waals surface area contributed by atoms with Crippen LogP contribution in [0.25, 0.3) is 0 Å². The van der Waals surface area contributed by atoms with Gasteiger partial charge in [0, 0.05) is 13.1 Å². The average molecular weight is 268 g/mol. The van der Waals surface area contributed by atoms with Gasteiger partial charge in [0.1, 0.15) is 5.92 Å². The van der Waals surface area contributed by atoms with Crippen molar-refractivity contribution >= 4 is 11.9 Å². The van der Waals surface area contributed by atoms with Gasteiger partial charge in [0.15, 0.2) is 0 Å². The molecular formula is C14H24N2O3. The summed E-state index contributed by atoms with van der Waals surface area (Å²) in [5.41, 5.74) is -0.524. The summed E-state index contributed by atoms with van der Waals surface area (Å²) in [6, 6.07) is 1.80. The second-order valence-electron chi connectivity index (χ2n) is 5.71. The predicted molar refractivity (Wildman–Crippen MR) is 72.0 cm³/mol. The third-order valence-electron chi connectivity index (χ3n) is 3.03. The molecule has 0 aliphatic heterocycles. The molecule has 0 spiro atoms. The number of hydrogen-bond acceptors (Lipinski definition) is 4. The molecule has 0 aliphatic carbocycles. The lowest BCUT2D eigenvalue weighted by atomic mass is 9.79. The normalized spacial score (nSPS) is 14.2. The smallest absolute Gasteiger partial charge is 0.319 e. The van der Waals surface area contributed by atoms with E-state index in [0.717, 1.165) is 0 Å². The maximum atomic E-state index is 12.4. The van der Waals surface area contributed by atoms with E-state index in [2.05, 4.69) is 0 Å². The van der Waals surface area contributed by atoms with Crippen LogP contribution < -0.4 is 0 Å². The molecule has 0 radical (unpaired) electrons. The van der Waals surface area contributed by atoms with Gasteiger partial charge >= 0.3 is 5.97 Å². The molecule has 2 atom stereocenters. The van der Waals surface area contributed by atoms with Crippen molar-refractivity contribution in [1.82, 2.24) is 4.90 Å². The van der Waals surface area contributed by atoms with Crippen molar-refractivity contribution < 1.29 is 14.3 Å².